The summed E-state index contributed by atoms with van der Waals surface area (Å²) in [5.41, 5.74) is 1.72. The molecule has 0 amide bonds. The monoisotopic (exact) mass is 400 g/mol. The second-order valence-corrected chi connectivity index (χ2v) is 6.59. The number of nitrogens with zero attached hydrogens (tertiary/aromatic N) is 2. The number of aromatic hydroxyl groups is 1. The maximum Gasteiger partial charge on any atom is 0.422 e. The van der Waals surface area contributed by atoms with E-state index in [1.54, 1.807) is 0 Å². The fourth-order valence-corrected chi connectivity index (χ4v) is 3.51. The zero-order valence-corrected chi connectivity index (χ0v) is 15.8. The van der Waals surface area contributed by atoms with Crippen molar-refractivity contribution in [1.82, 2.24) is 9.36 Å². The van der Waals surface area contributed by atoms with Gasteiger partial charge in [-0.1, -0.05) is 13.8 Å². The largest absolute Gasteiger partial charge is 0.493 e. The fraction of sp³-hybridized carbons (Fsp3) is 0.526. The molecule has 1 aliphatic rings. The van der Waals surface area contributed by atoms with Gasteiger partial charge in [-0.15, -0.1) is 0 Å². The highest BCUT2D eigenvalue weighted by atomic mass is 19.4. The smallest absolute Gasteiger partial charge is 0.422 e. The number of aromatic nitrogens is 2. The Hall–Kier alpha value is -2.42. The summed E-state index contributed by atoms with van der Waals surface area (Å²) < 4.78 is 50.7. The molecule has 0 saturated heterocycles. The van der Waals surface area contributed by atoms with E-state index in [4.69, 9.17) is 9.47 Å². The van der Waals surface area contributed by atoms with Crippen LogP contribution < -0.4 is 10.3 Å². The predicted octanol–water partition coefficient (Wildman–Crippen LogP) is 3.12. The fourth-order valence-electron chi connectivity index (χ4n) is 3.51. The average molecular weight is 400 g/mol. The number of halogens is 3. The molecule has 0 spiro atoms. The molecule has 3 rings (SSSR count). The van der Waals surface area contributed by atoms with Crippen molar-refractivity contribution in [3.05, 3.63) is 33.6 Å². The molecule has 1 aromatic heterocycles. The van der Waals surface area contributed by atoms with Gasteiger partial charge in [0.05, 0.1) is 26.3 Å². The average Bonchev–Trinajstić information content (AvgIpc) is 2.83. The molecule has 0 aliphatic carbocycles. The Balaban J connectivity index is 2.13. The van der Waals surface area contributed by atoms with Crippen LogP contribution in [0.5, 0.6) is 11.6 Å². The molecular weight excluding hydrogens is 377 g/mol. The number of benzene rings is 1. The molecular formula is C19H23F3N2O4. The van der Waals surface area contributed by atoms with Crippen molar-refractivity contribution in [3.8, 4) is 22.8 Å². The first-order valence-electron chi connectivity index (χ1n) is 9.22. The Morgan fingerprint density at radius 3 is 2.18 bits per heavy atom. The Labute approximate surface area is 160 Å². The minimum atomic E-state index is -4.43. The van der Waals surface area contributed by atoms with Crippen LogP contribution in [0.4, 0.5) is 13.2 Å². The van der Waals surface area contributed by atoms with Gasteiger partial charge in [0.1, 0.15) is 11.3 Å². The lowest BCUT2D eigenvalue weighted by atomic mass is 9.92. The van der Waals surface area contributed by atoms with Gasteiger partial charge in [0, 0.05) is 0 Å². The second kappa shape index (κ2) is 7.90. The van der Waals surface area contributed by atoms with Crippen molar-refractivity contribution in [3.63, 3.8) is 0 Å². The summed E-state index contributed by atoms with van der Waals surface area (Å²) in [6.07, 6.45) is -3.49. The number of alkyl halides is 3. The van der Waals surface area contributed by atoms with E-state index >= 15 is 0 Å². The van der Waals surface area contributed by atoms with Crippen LogP contribution in [0.2, 0.25) is 0 Å². The van der Waals surface area contributed by atoms with Crippen LogP contribution in [0, 0.1) is 0 Å². The standard InChI is InChI=1S/C19H23F3N2O4/c1-3-12-9-14(28-11-19(20,21)22)10-13(4-2)15(12)16-17(25)23-5-7-27-8-6-24(23)18(16)26/h9-10,25H,3-8,11H2,1-2H3. The second-order valence-electron chi connectivity index (χ2n) is 6.59. The zero-order chi connectivity index (χ0) is 20.5. The number of hydrogen-bond donors (Lipinski definition) is 1. The maximum absolute atomic E-state index is 13.0. The minimum Gasteiger partial charge on any atom is -0.493 e. The van der Waals surface area contributed by atoms with Crippen LogP contribution in [0.15, 0.2) is 16.9 Å². The Bertz CT molecular complexity index is 890. The van der Waals surface area contributed by atoms with Crippen LogP contribution in [0.1, 0.15) is 25.0 Å². The van der Waals surface area contributed by atoms with E-state index in [0.717, 1.165) is 0 Å². The first-order chi connectivity index (χ1) is 13.3. The normalized spacial score (nSPS) is 14.6. The molecule has 0 bridgehead atoms. The third-order valence-electron chi connectivity index (χ3n) is 4.79. The van der Waals surface area contributed by atoms with Crippen LogP contribution >= 0.6 is 0 Å². The molecule has 2 heterocycles. The summed E-state index contributed by atoms with van der Waals surface area (Å²) in [5, 5.41) is 10.8. The van der Waals surface area contributed by atoms with Gasteiger partial charge in [-0.3, -0.25) is 4.79 Å². The third kappa shape index (κ3) is 3.89. The lowest BCUT2D eigenvalue weighted by molar-refractivity contribution is -0.153. The molecule has 0 saturated carbocycles. The molecule has 1 N–H and O–H groups in total. The molecule has 9 heteroatoms. The summed E-state index contributed by atoms with van der Waals surface area (Å²) in [6, 6.07) is 3.02. The molecule has 6 nitrogen and oxygen atoms in total. The molecule has 1 aromatic carbocycles. The first kappa shape index (κ1) is 20.3. The third-order valence-corrected chi connectivity index (χ3v) is 4.79. The van der Waals surface area contributed by atoms with Crippen molar-refractivity contribution < 1.29 is 27.8 Å². The SMILES string of the molecule is CCc1cc(OCC(F)(F)F)cc(CC)c1-c1c(O)n2n(c1=O)CCOCC2. The highest BCUT2D eigenvalue weighted by Gasteiger charge is 2.29. The van der Waals surface area contributed by atoms with Crippen LogP contribution in [-0.4, -0.2) is 40.5 Å². The molecule has 154 valence electrons. The van der Waals surface area contributed by atoms with Gasteiger partial charge in [0.15, 0.2) is 6.61 Å². The van der Waals surface area contributed by atoms with E-state index in [-0.39, 0.29) is 22.8 Å². The van der Waals surface area contributed by atoms with E-state index in [2.05, 4.69) is 0 Å². The van der Waals surface area contributed by atoms with Crippen molar-refractivity contribution >= 4 is 0 Å². The number of rotatable bonds is 5. The topological polar surface area (TPSA) is 65.6 Å². The van der Waals surface area contributed by atoms with Gasteiger partial charge in [0.25, 0.3) is 5.56 Å². The van der Waals surface area contributed by atoms with Crippen molar-refractivity contribution in [2.24, 2.45) is 0 Å². The maximum atomic E-state index is 13.0. The highest BCUT2D eigenvalue weighted by Crippen LogP contribution is 2.36. The number of ether oxygens (including phenoxy) is 2. The van der Waals surface area contributed by atoms with Crippen molar-refractivity contribution in [1.29, 1.82) is 0 Å². The van der Waals surface area contributed by atoms with Crippen molar-refractivity contribution in [2.45, 2.75) is 46.0 Å². The van der Waals surface area contributed by atoms with E-state index in [9.17, 15) is 23.1 Å². The van der Waals surface area contributed by atoms with E-state index in [1.165, 1.54) is 21.5 Å². The summed E-state index contributed by atoms with van der Waals surface area (Å²) in [6.45, 7) is 3.72. The quantitative estimate of drug-likeness (QED) is 0.838. The Morgan fingerprint density at radius 2 is 1.64 bits per heavy atom. The predicted molar refractivity (Wildman–Crippen MR) is 96.9 cm³/mol. The lowest BCUT2D eigenvalue weighted by Gasteiger charge is -2.16. The molecule has 0 radical (unpaired) electrons. The van der Waals surface area contributed by atoms with E-state index in [0.29, 0.717) is 55.8 Å². The van der Waals surface area contributed by atoms with Gasteiger partial charge < -0.3 is 14.6 Å². The van der Waals surface area contributed by atoms with Crippen LogP contribution in [-0.2, 0) is 30.7 Å². The first-order valence-corrected chi connectivity index (χ1v) is 9.22. The molecule has 2 aromatic rings. The molecule has 1 aliphatic heterocycles. The number of hydrogen-bond acceptors (Lipinski definition) is 4. The zero-order valence-electron chi connectivity index (χ0n) is 15.8. The van der Waals surface area contributed by atoms with Crippen LogP contribution in [0.3, 0.4) is 0 Å². The highest BCUT2D eigenvalue weighted by molar-refractivity contribution is 5.75. The summed E-state index contributed by atoms with van der Waals surface area (Å²) >= 11 is 0. The van der Waals surface area contributed by atoms with Gasteiger partial charge in [-0.25, -0.2) is 9.36 Å². The van der Waals surface area contributed by atoms with Crippen LogP contribution in [0.25, 0.3) is 11.1 Å². The Kier molecular flexibility index (Phi) is 5.74. The van der Waals surface area contributed by atoms with Gasteiger partial charge in [-0.2, -0.15) is 13.2 Å². The molecule has 0 fully saturated rings. The number of aryl methyl sites for hydroxylation is 2. The minimum absolute atomic E-state index is 0.100. The van der Waals surface area contributed by atoms with Gasteiger partial charge >= 0.3 is 6.18 Å². The van der Waals surface area contributed by atoms with E-state index in [1.807, 2.05) is 13.8 Å². The van der Waals surface area contributed by atoms with Gasteiger partial charge in [0.2, 0.25) is 5.88 Å². The van der Waals surface area contributed by atoms with Crippen molar-refractivity contribution in [2.75, 3.05) is 19.8 Å². The molecule has 0 unspecified atom stereocenters. The van der Waals surface area contributed by atoms with Gasteiger partial charge in [-0.05, 0) is 41.7 Å². The summed E-state index contributed by atoms with van der Waals surface area (Å²) in [4.78, 5) is 13.0. The summed E-state index contributed by atoms with van der Waals surface area (Å²) in [7, 11) is 0. The molecule has 0 atom stereocenters. The Morgan fingerprint density at radius 1 is 1.07 bits per heavy atom. The lowest BCUT2D eigenvalue weighted by Crippen LogP contribution is -2.23. The number of fused-ring (bicyclic) bond motifs is 1. The van der Waals surface area contributed by atoms with E-state index < -0.39 is 12.8 Å². The molecule has 28 heavy (non-hydrogen) atoms. The summed E-state index contributed by atoms with van der Waals surface area (Å²) in [5.74, 6) is -0.0487.